The maximum Gasteiger partial charge on any atom is 0.419 e. The Hall–Kier alpha value is -1.37. The second-order valence-electron chi connectivity index (χ2n) is 3.24. The van der Waals surface area contributed by atoms with E-state index in [0.717, 1.165) is 12.1 Å². The van der Waals surface area contributed by atoms with Gasteiger partial charge in [0.1, 0.15) is 5.75 Å². The molecule has 1 N–H and O–H groups in total. The third kappa shape index (κ3) is 3.85. The summed E-state index contributed by atoms with van der Waals surface area (Å²) < 4.78 is 65.4. The van der Waals surface area contributed by atoms with Gasteiger partial charge >= 0.3 is 12.8 Å². The number of hydrogen-bond donors (Lipinski definition) is 1. The van der Waals surface area contributed by atoms with Crippen LogP contribution >= 0.6 is 0 Å². The number of benzene rings is 1. The van der Waals surface area contributed by atoms with Crippen LogP contribution in [0.15, 0.2) is 18.2 Å². The van der Waals surface area contributed by atoms with Gasteiger partial charge in [-0.25, -0.2) is 0 Å². The van der Waals surface area contributed by atoms with Gasteiger partial charge in [-0.1, -0.05) is 6.07 Å². The van der Waals surface area contributed by atoms with Gasteiger partial charge in [0.25, 0.3) is 0 Å². The molecule has 1 aromatic rings. The van der Waals surface area contributed by atoms with Crippen molar-refractivity contribution in [2.45, 2.75) is 19.3 Å². The standard InChI is InChI=1S/C10H10F5NO/c1-16-5-6-2-3-8(17-9(11)12)7(4-6)10(13,14)15/h2-4,9,16H,5H2,1H3. The Morgan fingerprint density at radius 2 is 1.94 bits per heavy atom. The van der Waals surface area contributed by atoms with Crippen LogP contribution in [0.2, 0.25) is 0 Å². The van der Waals surface area contributed by atoms with Crippen molar-refractivity contribution >= 4 is 0 Å². The molecule has 17 heavy (non-hydrogen) atoms. The van der Waals surface area contributed by atoms with Crippen molar-refractivity contribution in [2.24, 2.45) is 0 Å². The van der Waals surface area contributed by atoms with Crippen molar-refractivity contribution in [3.63, 3.8) is 0 Å². The van der Waals surface area contributed by atoms with Crippen LogP contribution in [0.4, 0.5) is 22.0 Å². The molecule has 0 spiro atoms. The summed E-state index contributed by atoms with van der Waals surface area (Å²) in [4.78, 5) is 0. The quantitative estimate of drug-likeness (QED) is 0.835. The van der Waals surface area contributed by atoms with Gasteiger partial charge in [-0.2, -0.15) is 22.0 Å². The minimum absolute atomic E-state index is 0.206. The predicted molar refractivity (Wildman–Crippen MR) is 50.8 cm³/mol. The second kappa shape index (κ2) is 5.31. The Kier molecular flexibility index (Phi) is 4.28. The van der Waals surface area contributed by atoms with Crippen molar-refractivity contribution in [3.8, 4) is 5.75 Å². The van der Waals surface area contributed by atoms with Gasteiger partial charge in [-0.05, 0) is 24.7 Å². The number of alkyl halides is 5. The van der Waals surface area contributed by atoms with Crippen molar-refractivity contribution in [1.29, 1.82) is 0 Å². The molecule has 0 radical (unpaired) electrons. The minimum Gasteiger partial charge on any atom is -0.434 e. The van der Waals surface area contributed by atoms with Gasteiger partial charge in [-0.3, -0.25) is 0 Å². The van der Waals surface area contributed by atoms with E-state index in [1.54, 1.807) is 7.05 Å². The maximum absolute atomic E-state index is 12.6. The van der Waals surface area contributed by atoms with E-state index in [1.165, 1.54) is 6.07 Å². The fourth-order valence-electron chi connectivity index (χ4n) is 1.31. The van der Waals surface area contributed by atoms with Gasteiger partial charge in [0.2, 0.25) is 0 Å². The van der Waals surface area contributed by atoms with Gasteiger partial charge in [0.05, 0.1) is 5.56 Å². The Bertz CT molecular complexity index is 377. The average Bonchev–Trinajstić information content (AvgIpc) is 2.18. The molecule has 0 aliphatic heterocycles. The molecule has 0 atom stereocenters. The molecule has 0 aliphatic rings. The largest absolute Gasteiger partial charge is 0.434 e. The summed E-state index contributed by atoms with van der Waals surface area (Å²) in [7, 11) is 1.57. The first-order valence-corrected chi connectivity index (χ1v) is 4.64. The number of hydrogen-bond acceptors (Lipinski definition) is 2. The first-order valence-electron chi connectivity index (χ1n) is 4.64. The predicted octanol–water partition coefficient (Wildman–Crippen LogP) is 3.03. The molecule has 1 aromatic carbocycles. The zero-order valence-electron chi connectivity index (χ0n) is 8.81. The van der Waals surface area contributed by atoms with Crippen LogP contribution in [0.5, 0.6) is 5.75 Å². The van der Waals surface area contributed by atoms with Gasteiger partial charge in [-0.15, -0.1) is 0 Å². The lowest BCUT2D eigenvalue weighted by molar-refractivity contribution is -0.141. The number of ether oxygens (including phenoxy) is 1. The zero-order chi connectivity index (χ0) is 13.1. The van der Waals surface area contributed by atoms with E-state index in [0.29, 0.717) is 5.56 Å². The molecule has 0 saturated carbocycles. The first-order chi connectivity index (χ1) is 7.84. The van der Waals surface area contributed by atoms with Gasteiger partial charge in [0.15, 0.2) is 0 Å². The fraction of sp³-hybridized carbons (Fsp3) is 0.400. The molecule has 0 heterocycles. The molecule has 0 bridgehead atoms. The number of halogens is 5. The van der Waals surface area contributed by atoms with Crippen LogP contribution in [-0.4, -0.2) is 13.7 Å². The lowest BCUT2D eigenvalue weighted by Gasteiger charge is -2.14. The maximum atomic E-state index is 12.6. The molecule has 0 amide bonds. The van der Waals surface area contributed by atoms with E-state index >= 15 is 0 Å². The normalized spacial score (nSPS) is 11.9. The molecule has 0 unspecified atom stereocenters. The average molecular weight is 255 g/mol. The Morgan fingerprint density at radius 1 is 1.29 bits per heavy atom. The topological polar surface area (TPSA) is 21.3 Å². The summed E-state index contributed by atoms with van der Waals surface area (Å²) in [6.07, 6.45) is -4.73. The molecule has 0 fully saturated rings. The van der Waals surface area contributed by atoms with Crippen molar-refractivity contribution in [3.05, 3.63) is 29.3 Å². The van der Waals surface area contributed by atoms with E-state index in [4.69, 9.17) is 0 Å². The highest BCUT2D eigenvalue weighted by molar-refractivity contribution is 5.39. The van der Waals surface area contributed by atoms with E-state index in [9.17, 15) is 22.0 Å². The summed E-state index contributed by atoms with van der Waals surface area (Å²) in [6.45, 7) is -3.08. The van der Waals surface area contributed by atoms with Crippen LogP contribution in [0, 0.1) is 0 Å². The molecule has 1 rings (SSSR count). The third-order valence-electron chi connectivity index (χ3n) is 1.95. The molecular weight excluding hydrogens is 245 g/mol. The van der Waals surface area contributed by atoms with Crippen molar-refractivity contribution < 1.29 is 26.7 Å². The smallest absolute Gasteiger partial charge is 0.419 e. The number of nitrogens with one attached hydrogen (secondary N) is 1. The fourth-order valence-corrected chi connectivity index (χ4v) is 1.31. The lowest BCUT2D eigenvalue weighted by Crippen LogP contribution is -2.13. The zero-order valence-corrected chi connectivity index (χ0v) is 8.81. The summed E-state index contributed by atoms with van der Waals surface area (Å²) in [5.41, 5.74) is -0.869. The first kappa shape index (κ1) is 13.7. The van der Waals surface area contributed by atoms with Crippen LogP contribution in [0.3, 0.4) is 0 Å². The molecular formula is C10H10F5NO. The highest BCUT2D eigenvalue weighted by Crippen LogP contribution is 2.37. The Balaban J connectivity index is 3.12. The highest BCUT2D eigenvalue weighted by atomic mass is 19.4. The minimum atomic E-state index is -4.73. The SMILES string of the molecule is CNCc1ccc(OC(F)F)c(C(F)(F)F)c1. The number of rotatable bonds is 4. The summed E-state index contributed by atoms with van der Waals surface area (Å²) >= 11 is 0. The monoisotopic (exact) mass is 255 g/mol. The van der Waals surface area contributed by atoms with Crippen LogP contribution in [0.25, 0.3) is 0 Å². The third-order valence-corrected chi connectivity index (χ3v) is 1.95. The van der Waals surface area contributed by atoms with Gasteiger partial charge < -0.3 is 10.1 Å². The summed E-state index contributed by atoms with van der Waals surface area (Å²) in [5.74, 6) is -0.868. The van der Waals surface area contributed by atoms with Crippen LogP contribution < -0.4 is 10.1 Å². The Labute approximate surface area is 94.4 Å². The van der Waals surface area contributed by atoms with Crippen molar-refractivity contribution in [2.75, 3.05) is 7.05 Å². The van der Waals surface area contributed by atoms with Crippen molar-refractivity contribution in [1.82, 2.24) is 5.32 Å². The highest BCUT2D eigenvalue weighted by Gasteiger charge is 2.35. The molecule has 2 nitrogen and oxygen atoms in total. The van der Waals surface area contributed by atoms with Crippen LogP contribution in [0.1, 0.15) is 11.1 Å². The van der Waals surface area contributed by atoms with Gasteiger partial charge in [0, 0.05) is 6.54 Å². The van der Waals surface area contributed by atoms with Crippen LogP contribution in [-0.2, 0) is 12.7 Å². The molecule has 7 heteroatoms. The Morgan fingerprint density at radius 3 is 2.41 bits per heavy atom. The molecule has 0 aliphatic carbocycles. The van der Waals surface area contributed by atoms with E-state index in [-0.39, 0.29) is 6.54 Å². The molecule has 0 aromatic heterocycles. The van der Waals surface area contributed by atoms with E-state index in [1.807, 2.05) is 0 Å². The molecule has 96 valence electrons. The van der Waals surface area contributed by atoms with E-state index < -0.39 is 24.1 Å². The summed E-state index contributed by atoms with van der Waals surface area (Å²) in [6, 6.07) is 2.97. The molecule has 0 saturated heterocycles. The second-order valence-corrected chi connectivity index (χ2v) is 3.24. The lowest BCUT2D eigenvalue weighted by atomic mass is 10.1. The summed E-state index contributed by atoms with van der Waals surface area (Å²) in [5, 5.41) is 2.67. The van der Waals surface area contributed by atoms with E-state index in [2.05, 4.69) is 10.1 Å².